The fraction of sp³-hybridized carbons (Fsp3) is 0. The largest absolute Gasteiger partial charge is 0.220 e. The number of rotatable bonds is 1. The summed E-state index contributed by atoms with van der Waals surface area (Å²) in [6.45, 7) is 0. The molecule has 7 heteroatoms. The van der Waals surface area contributed by atoms with E-state index in [1.165, 1.54) is 11.3 Å². The van der Waals surface area contributed by atoms with Gasteiger partial charge in [0.1, 0.15) is 13.5 Å². The van der Waals surface area contributed by atoms with Gasteiger partial charge in [-0.15, -0.1) is 11.3 Å². The summed E-state index contributed by atoms with van der Waals surface area (Å²) in [4.78, 5) is 9.46. The Balaban J connectivity index is 2.53. The van der Waals surface area contributed by atoms with Crippen LogP contribution in [0.1, 0.15) is 0 Å². The van der Waals surface area contributed by atoms with Gasteiger partial charge in [-0.25, -0.2) is 9.97 Å². The zero-order valence-corrected chi connectivity index (χ0v) is 13.3. The van der Waals surface area contributed by atoms with Crippen LogP contribution in [-0.2, 0) is 0 Å². The van der Waals surface area contributed by atoms with Crippen LogP contribution in [0.3, 0.4) is 0 Å². The average Bonchev–Trinajstić information content (AvgIpc) is 2.45. The third-order valence-corrected chi connectivity index (χ3v) is 4.81. The predicted molar refractivity (Wildman–Crippen MR) is 73.5 cm³/mol. The van der Waals surface area contributed by atoms with Gasteiger partial charge in [0.15, 0.2) is 5.82 Å². The smallest absolute Gasteiger partial charge is 0.171 e. The molecule has 0 atom stereocenters. The Kier molecular flexibility index (Phi) is 3.83. The standard InChI is InChI=1S/C8H2Br3ClN2S/c9-3-1-4(15-7(3)12)8-13-5(10)2-6(11)14-8/h1-2H. The highest BCUT2D eigenvalue weighted by molar-refractivity contribution is 9.11. The highest BCUT2D eigenvalue weighted by Crippen LogP contribution is 2.37. The summed E-state index contributed by atoms with van der Waals surface area (Å²) in [6, 6.07) is 3.69. The summed E-state index contributed by atoms with van der Waals surface area (Å²) in [5.41, 5.74) is 0. The molecule has 78 valence electrons. The van der Waals surface area contributed by atoms with Crippen LogP contribution < -0.4 is 0 Å². The maximum absolute atomic E-state index is 5.95. The van der Waals surface area contributed by atoms with Crippen LogP contribution in [0.15, 0.2) is 25.8 Å². The summed E-state index contributed by atoms with van der Waals surface area (Å²) in [5, 5.41) is 0. The first kappa shape index (κ1) is 12.0. The van der Waals surface area contributed by atoms with Gasteiger partial charge in [-0.2, -0.15) is 0 Å². The molecule has 0 spiro atoms. The van der Waals surface area contributed by atoms with E-state index in [2.05, 4.69) is 57.8 Å². The van der Waals surface area contributed by atoms with Crippen LogP contribution in [0.25, 0.3) is 10.7 Å². The molecule has 2 rings (SSSR count). The molecule has 0 radical (unpaired) electrons. The van der Waals surface area contributed by atoms with Gasteiger partial charge in [0.25, 0.3) is 0 Å². The Hall–Kier alpha value is 0.510. The molecule has 0 unspecified atom stereocenters. The maximum Gasteiger partial charge on any atom is 0.171 e. The molecule has 0 aromatic carbocycles. The van der Waals surface area contributed by atoms with Crippen LogP contribution in [0.2, 0.25) is 4.34 Å². The molecule has 0 N–H and O–H groups in total. The minimum Gasteiger partial charge on any atom is -0.220 e. The predicted octanol–water partition coefficient (Wildman–Crippen LogP) is 5.15. The van der Waals surface area contributed by atoms with Gasteiger partial charge >= 0.3 is 0 Å². The SMILES string of the molecule is Clc1sc(-c2nc(Br)cc(Br)n2)cc1Br. The van der Waals surface area contributed by atoms with E-state index < -0.39 is 0 Å². The van der Waals surface area contributed by atoms with Crippen molar-refractivity contribution in [2.24, 2.45) is 0 Å². The first-order valence-electron chi connectivity index (χ1n) is 3.71. The molecule has 0 fully saturated rings. The molecule has 0 aliphatic carbocycles. The third-order valence-electron chi connectivity index (χ3n) is 1.53. The molecule has 0 saturated carbocycles. The van der Waals surface area contributed by atoms with E-state index in [-0.39, 0.29) is 0 Å². The lowest BCUT2D eigenvalue weighted by molar-refractivity contribution is 1.13. The van der Waals surface area contributed by atoms with Crippen LogP contribution in [-0.4, -0.2) is 9.97 Å². The molecule has 0 saturated heterocycles. The van der Waals surface area contributed by atoms with Gasteiger partial charge < -0.3 is 0 Å². The van der Waals surface area contributed by atoms with E-state index in [0.717, 1.165) is 18.6 Å². The van der Waals surface area contributed by atoms with Crippen molar-refractivity contribution < 1.29 is 0 Å². The van der Waals surface area contributed by atoms with Gasteiger partial charge in [-0.1, -0.05) is 11.6 Å². The first-order chi connectivity index (χ1) is 7.06. The van der Waals surface area contributed by atoms with Gasteiger partial charge in [0.2, 0.25) is 0 Å². The fourth-order valence-corrected chi connectivity index (χ4v) is 3.67. The monoisotopic (exact) mass is 430 g/mol. The zero-order chi connectivity index (χ0) is 11.0. The van der Waals surface area contributed by atoms with E-state index >= 15 is 0 Å². The molecular formula is C8H2Br3ClN2S. The highest BCUT2D eigenvalue weighted by Gasteiger charge is 2.10. The van der Waals surface area contributed by atoms with E-state index in [1.54, 1.807) is 6.07 Å². The van der Waals surface area contributed by atoms with Crippen molar-refractivity contribution in [1.29, 1.82) is 0 Å². The molecule has 0 aliphatic heterocycles. The Morgan fingerprint density at radius 1 is 1.07 bits per heavy atom. The molecule has 15 heavy (non-hydrogen) atoms. The number of nitrogens with zero attached hydrogens (tertiary/aromatic N) is 2. The molecule has 0 amide bonds. The van der Waals surface area contributed by atoms with Crippen molar-refractivity contribution in [2.45, 2.75) is 0 Å². The minimum atomic E-state index is 0.647. The van der Waals surface area contributed by atoms with E-state index in [9.17, 15) is 0 Å². The Labute approximate surface area is 120 Å². The van der Waals surface area contributed by atoms with E-state index in [0.29, 0.717) is 10.2 Å². The number of thiophene rings is 1. The number of hydrogen-bond donors (Lipinski definition) is 0. The average molecular weight is 433 g/mol. The lowest BCUT2D eigenvalue weighted by Gasteiger charge is -1.97. The van der Waals surface area contributed by atoms with Crippen molar-refractivity contribution in [3.63, 3.8) is 0 Å². The van der Waals surface area contributed by atoms with E-state index in [4.69, 9.17) is 11.6 Å². The van der Waals surface area contributed by atoms with Crippen molar-refractivity contribution in [1.82, 2.24) is 9.97 Å². The van der Waals surface area contributed by atoms with Crippen LogP contribution in [0, 0.1) is 0 Å². The third kappa shape index (κ3) is 2.79. The molecule has 0 aliphatic rings. The van der Waals surface area contributed by atoms with Crippen LogP contribution in [0.4, 0.5) is 0 Å². The number of halogens is 4. The second kappa shape index (κ2) is 4.79. The van der Waals surface area contributed by atoms with Crippen LogP contribution >= 0.6 is 70.7 Å². The second-order valence-electron chi connectivity index (χ2n) is 2.57. The lowest BCUT2D eigenvalue weighted by atomic mass is 10.4. The fourth-order valence-electron chi connectivity index (χ4n) is 0.957. The summed E-state index contributed by atoms with van der Waals surface area (Å²) < 4.78 is 3.04. The zero-order valence-electron chi connectivity index (χ0n) is 6.97. The van der Waals surface area contributed by atoms with Gasteiger partial charge in [-0.05, 0) is 53.9 Å². The molecule has 2 nitrogen and oxygen atoms in total. The van der Waals surface area contributed by atoms with Crippen molar-refractivity contribution in [3.8, 4) is 10.7 Å². The van der Waals surface area contributed by atoms with Crippen molar-refractivity contribution in [2.75, 3.05) is 0 Å². The minimum absolute atomic E-state index is 0.647. The molecule has 2 heterocycles. The summed E-state index contributed by atoms with van der Waals surface area (Å²) in [5.74, 6) is 0.647. The number of aromatic nitrogens is 2. The lowest BCUT2D eigenvalue weighted by Crippen LogP contribution is -1.87. The topological polar surface area (TPSA) is 25.8 Å². The normalized spacial score (nSPS) is 10.7. The molecule has 0 bridgehead atoms. The van der Waals surface area contributed by atoms with Gasteiger partial charge in [0.05, 0.1) is 4.88 Å². The summed E-state index contributed by atoms with van der Waals surface area (Å²) >= 11 is 17.4. The summed E-state index contributed by atoms with van der Waals surface area (Å²) in [6.07, 6.45) is 0. The number of hydrogen-bond acceptors (Lipinski definition) is 3. The quantitative estimate of drug-likeness (QED) is 0.582. The summed E-state index contributed by atoms with van der Waals surface area (Å²) in [7, 11) is 0. The van der Waals surface area contributed by atoms with Gasteiger partial charge in [-0.3, -0.25) is 0 Å². The Bertz CT molecular complexity index is 475. The molecule has 2 aromatic heterocycles. The van der Waals surface area contributed by atoms with E-state index in [1.807, 2.05) is 6.07 Å². The maximum atomic E-state index is 5.95. The molecule has 2 aromatic rings. The van der Waals surface area contributed by atoms with Crippen molar-refractivity contribution >= 4 is 70.7 Å². The Morgan fingerprint density at radius 2 is 1.67 bits per heavy atom. The van der Waals surface area contributed by atoms with Crippen molar-refractivity contribution in [3.05, 3.63) is 30.1 Å². The molecular weight excluding hydrogens is 431 g/mol. The Morgan fingerprint density at radius 3 is 2.13 bits per heavy atom. The first-order valence-corrected chi connectivity index (χ1v) is 7.29. The highest BCUT2D eigenvalue weighted by atomic mass is 79.9. The van der Waals surface area contributed by atoms with Gasteiger partial charge in [0, 0.05) is 10.5 Å². The second-order valence-corrected chi connectivity index (χ2v) is 6.70. The van der Waals surface area contributed by atoms with Crippen LogP contribution in [0.5, 0.6) is 0 Å².